The van der Waals surface area contributed by atoms with Crippen molar-refractivity contribution in [2.45, 2.75) is 117 Å². The first-order valence-corrected chi connectivity index (χ1v) is 17.2. The number of sulfonamides is 1. The first-order valence-electron chi connectivity index (χ1n) is 15.5. The molecule has 0 bridgehead atoms. The molecule has 0 aliphatic heterocycles. The summed E-state index contributed by atoms with van der Waals surface area (Å²) >= 11 is 0. The third-order valence-electron chi connectivity index (χ3n) is 12.1. The Hall–Kier alpha value is -0.860. The van der Waals surface area contributed by atoms with E-state index in [1.165, 1.54) is 6.42 Å². The molecule has 7 nitrogen and oxygen atoms in total. The van der Waals surface area contributed by atoms with Crippen LogP contribution < -0.4 is 10.0 Å². The SMILES string of the molecule is CCCCS(=O)(=O)NC(=O)NCC[C@@H](C)[C@H]1CC[C@H]2[C@@H]3[C@H](O)[C@H](CC)[C@@H]4C[C@H](O)CC[C@]4(C)[C@H]3CC[C@]12C. The third-order valence-corrected chi connectivity index (χ3v) is 13.4. The lowest BCUT2D eigenvalue weighted by atomic mass is 9.41. The lowest BCUT2D eigenvalue weighted by molar-refractivity contribution is -0.203. The van der Waals surface area contributed by atoms with Gasteiger partial charge in [-0.3, -0.25) is 0 Å². The van der Waals surface area contributed by atoms with Crippen LogP contribution >= 0.6 is 0 Å². The minimum Gasteiger partial charge on any atom is -0.393 e. The van der Waals surface area contributed by atoms with Gasteiger partial charge in [0.15, 0.2) is 0 Å². The van der Waals surface area contributed by atoms with Gasteiger partial charge >= 0.3 is 6.03 Å². The van der Waals surface area contributed by atoms with Crippen molar-refractivity contribution in [3.05, 3.63) is 0 Å². The second-order valence-corrected chi connectivity index (χ2v) is 15.8. The van der Waals surface area contributed by atoms with Crippen molar-refractivity contribution in [1.82, 2.24) is 10.0 Å². The van der Waals surface area contributed by atoms with Gasteiger partial charge in [0, 0.05) is 6.54 Å². The molecule has 38 heavy (non-hydrogen) atoms. The van der Waals surface area contributed by atoms with E-state index in [2.05, 4.69) is 37.7 Å². The highest BCUT2D eigenvalue weighted by molar-refractivity contribution is 7.90. The van der Waals surface area contributed by atoms with Gasteiger partial charge < -0.3 is 15.5 Å². The smallest absolute Gasteiger partial charge is 0.328 e. The number of aliphatic hydroxyl groups excluding tert-OH is 2. The van der Waals surface area contributed by atoms with Gasteiger partial charge in [0.2, 0.25) is 10.0 Å². The first kappa shape index (κ1) is 30.1. The van der Waals surface area contributed by atoms with Crippen molar-refractivity contribution in [3.63, 3.8) is 0 Å². The third kappa shape index (κ3) is 5.52. The maximum Gasteiger partial charge on any atom is 0.328 e. The van der Waals surface area contributed by atoms with E-state index >= 15 is 0 Å². The van der Waals surface area contributed by atoms with E-state index in [4.69, 9.17) is 0 Å². The molecule has 4 aliphatic carbocycles. The van der Waals surface area contributed by atoms with Crippen LogP contribution in [0.3, 0.4) is 0 Å². The van der Waals surface area contributed by atoms with E-state index in [0.717, 1.165) is 57.8 Å². The molecule has 0 heterocycles. The van der Waals surface area contributed by atoms with Crippen molar-refractivity contribution < 1.29 is 23.4 Å². The molecule has 0 aromatic heterocycles. The summed E-state index contributed by atoms with van der Waals surface area (Å²) in [5.41, 5.74) is 0.395. The fourth-order valence-electron chi connectivity index (χ4n) is 10.1. The number of hydrogen-bond donors (Lipinski definition) is 4. The summed E-state index contributed by atoms with van der Waals surface area (Å²) < 4.78 is 26.2. The van der Waals surface area contributed by atoms with Crippen molar-refractivity contribution in [2.75, 3.05) is 12.3 Å². The number of nitrogens with one attached hydrogen (secondary N) is 2. The lowest BCUT2D eigenvalue weighted by Gasteiger charge is -2.64. The van der Waals surface area contributed by atoms with Crippen LogP contribution in [0.15, 0.2) is 0 Å². The molecular formula is C30H54N2O5S. The minimum absolute atomic E-state index is 0.0254. The molecule has 11 atom stereocenters. The van der Waals surface area contributed by atoms with Crippen LogP contribution in [0.5, 0.6) is 0 Å². The molecule has 0 unspecified atom stereocenters. The highest BCUT2D eigenvalue weighted by Gasteiger charge is 2.64. The van der Waals surface area contributed by atoms with Crippen molar-refractivity contribution >= 4 is 16.1 Å². The van der Waals surface area contributed by atoms with Gasteiger partial charge in [-0.1, -0.05) is 47.5 Å². The fourth-order valence-corrected chi connectivity index (χ4v) is 11.2. The fraction of sp³-hybridized carbons (Fsp3) is 0.967. The van der Waals surface area contributed by atoms with Crippen molar-refractivity contribution in [1.29, 1.82) is 0 Å². The molecule has 4 N–H and O–H groups in total. The van der Waals surface area contributed by atoms with Gasteiger partial charge in [0.25, 0.3) is 0 Å². The Balaban J connectivity index is 1.40. The van der Waals surface area contributed by atoms with E-state index < -0.39 is 16.1 Å². The molecule has 4 saturated carbocycles. The maximum absolute atomic E-state index is 12.2. The number of hydrogen-bond acceptors (Lipinski definition) is 5. The first-order chi connectivity index (χ1) is 17.9. The average Bonchev–Trinajstić information content (AvgIpc) is 3.21. The van der Waals surface area contributed by atoms with Crippen LogP contribution in [0, 0.1) is 52.3 Å². The van der Waals surface area contributed by atoms with Gasteiger partial charge in [0.05, 0.1) is 18.0 Å². The molecular weight excluding hydrogens is 500 g/mol. The van der Waals surface area contributed by atoms with Crippen LogP contribution in [0.25, 0.3) is 0 Å². The second-order valence-electron chi connectivity index (χ2n) is 13.9. The predicted octanol–water partition coefficient (Wildman–Crippen LogP) is 5.07. The topological polar surface area (TPSA) is 116 Å². The number of carbonyl (C=O) groups excluding carboxylic acids is 1. The van der Waals surface area contributed by atoms with Crippen LogP contribution in [0.2, 0.25) is 0 Å². The number of aliphatic hydroxyl groups is 2. The summed E-state index contributed by atoms with van der Waals surface area (Å²) in [5.74, 6) is 2.99. The molecule has 220 valence electrons. The Morgan fingerprint density at radius 2 is 1.68 bits per heavy atom. The Kier molecular flexibility index (Phi) is 9.16. The molecule has 4 fully saturated rings. The zero-order valence-electron chi connectivity index (χ0n) is 24.4. The van der Waals surface area contributed by atoms with E-state index in [1.807, 2.05) is 6.92 Å². The highest BCUT2D eigenvalue weighted by Crippen LogP contribution is 2.69. The summed E-state index contributed by atoms with van der Waals surface area (Å²) in [6.45, 7) is 11.8. The Bertz CT molecular complexity index is 943. The summed E-state index contributed by atoms with van der Waals surface area (Å²) in [6, 6.07) is -0.624. The van der Waals surface area contributed by atoms with Gasteiger partial charge in [-0.25, -0.2) is 17.9 Å². The summed E-state index contributed by atoms with van der Waals surface area (Å²) in [5, 5.41) is 25.1. The normalized spacial score (nSPS) is 43.4. The van der Waals surface area contributed by atoms with Crippen molar-refractivity contribution in [2.24, 2.45) is 52.3 Å². The molecule has 8 heteroatoms. The van der Waals surface area contributed by atoms with E-state index in [0.29, 0.717) is 48.5 Å². The molecule has 0 aromatic carbocycles. The van der Waals surface area contributed by atoms with Gasteiger partial charge in [-0.2, -0.15) is 0 Å². The number of amides is 2. The summed E-state index contributed by atoms with van der Waals surface area (Å²) in [7, 11) is -3.57. The van der Waals surface area contributed by atoms with E-state index in [9.17, 15) is 23.4 Å². The van der Waals surface area contributed by atoms with Crippen LogP contribution in [0.4, 0.5) is 4.79 Å². The number of unbranched alkanes of at least 4 members (excludes halogenated alkanes) is 1. The maximum atomic E-state index is 12.2. The molecule has 4 rings (SSSR count). The summed E-state index contributed by atoms with van der Waals surface area (Å²) in [4.78, 5) is 12.2. The molecule has 0 radical (unpaired) electrons. The zero-order chi connectivity index (χ0) is 27.9. The standard InChI is InChI=1S/C30H54N2O5S/c1-6-8-17-38(36,37)32-28(35)31-16-13-19(3)22-9-10-23-26-24(12-15-29(22,23)4)30(5)14-11-20(33)18-25(30)21(7-2)27(26)34/h19-27,33-34H,6-18H2,1-5H3,(H2,31,32,35)/t19-,20-,21-,22-,23+,24+,25+,26+,27-,29-,30-/m1/s1. The van der Waals surface area contributed by atoms with Crippen LogP contribution in [-0.2, 0) is 10.0 Å². The second kappa shape index (κ2) is 11.6. The summed E-state index contributed by atoms with van der Waals surface area (Å²) in [6.07, 6.45) is 10.1. The van der Waals surface area contributed by atoms with Crippen LogP contribution in [0.1, 0.15) is 105 Å². The monoisotopic (exact) mass is 554 g/mol. The molecule has 4 aliphatic rings. The van der Waals surface area contributed by atoms with E-state index in [-0.39, 0.29) is 34.7 Å². The van der Waals surface area contributed by atoms with Gasteiger partial charge in [-0.15, -0.1) is 0 Å². The number of fused-ring (bicyclic) bond motifs is 5. The molecule has 0 saturated heterocycles. The largest absolute Gasteiger partial charge is 0.393 e. The Morgan fingerprint density at radius 3 is 2.37 bits per heavy atom. The molecule has 0 aromatic rings. The number of rotatable bonds is 9. The van der Waals surface area contributed by atoms with Gasteiger partial charge in [0.1, 0.15) is 0 Å². The van der Waals surface area contributed by atoms with Crippen molar-refractivity contribution in [3.8, 4) is 0 Å². The van der Waals surface area contributed by atoms with E-state index in [1.54, 1.807) is 0 Å². The zero-order valence-corrected chi connectivity index (χ0v) is 25.2. The lowest BCUT2D eigenvalue weighted by Crippen LogP contribution is -2.62. The van der Waals surface area contributed by atoms with Crippen LogP contribution in [-0.4, -0.2) is 49.2 Å². The number of urea groups is 1. The number of carbonyl (C=O) groups is 1. The minimum atomic E-state index is -3.57. The van der Waals surface area contributed by atoms with Gasteiger partial charge in [-0.05, 0) is 110 Å². The Morgan fingerprint density at radius 1 is 1.00 bits per heavy atom. The molecule has 0 spiro atoms. The average molecular weight is 555 g/mol. The quantitative estimate of drug-likeness (QED) is 0.318. The highest BCUT2D eigenvalue weighted by atomic mass is 32.2. The Labute approximate surface area is 231 Å². The predicted molar refractivity (Wildman–Crippen MR) is 151 cm³/mol. The molecule has 2 amide bonds.